The third kappa shape index (κ3) is 3.27. The first-order chi connectivity index (χ1) is 13.1. The number of H-pyrrole nitrogens is 1. The summed E-state index contributed by atoms with van der Waals surface area (Å²) in [5.41, 5.74) is 10.2. The highest BCUT2D eigenvalue weighted by Crippen LogP contribution is 2.24. The second-order valence-electron chi connectivity index (χ2n) is 6.44. The van der Waals surface area contributed by atoms with E-state index in [1.165, 1.54) is 0 Å². The molecule has 27 heavy (non-hydrogen) atoms. The fourth-order valence-corrected chi connectivity index (χ4v) is 3.34. The first kappa shape index (κ1) is 16.8. The van der Waals surface area contributed by atoms with Crippen molar-refractivity contribution < 1.29 is 4.79 Å². The van der Waals surface area contributed by atoms with E-state index in [1.807, 2.05) is 54.6 Å². The Labute approximate surface area is 156 Å². The molecule has 1 aromatic heterocycles. The summed E-state index contributed by atoms with van der Waals surface area (Å²) in [5, 5.41) is 0. The third-order valence-corrected chi connectivity index (χ3v) is 4.67. The summed E-state index contributed by atoms with van der Waals surface area (Å²) in [6.07, 6.45) is 0.228. The smallest absolute Gasteiger partial charge is 0.326 e. The molecule has 5 heteroatoms. The number of imidazole rings is 1. The molecule has 0 saturated carbocycles. The van der Waals surface area contributed by atoms with Gasteiger partial charge in [0.25, 0.3) is 0 Å². The summed E-state index contributed by atoms with van der Waals surface area (Å²) in [6.45, 7) is 0.296. The number of hydrogen-bond acceptors (Lipinski definition) is 3. The second kappa shape index (κ2) is 6.96. The highest BCUT2D eigenvalue weighted by Gasteiger charge is 2.14. The predicted molar refractivity (Wildman–Crippen MR) is 108 cm³/mol. The fourth-order valence-electron chi connectivity index (χ4n) is 3.34. The van der Waals surface area contributed by atoms with Gasteiger partial charge in [-0.15, -0.1) is 0 Å². The Morgan fingerprint density at radius 2 is 1.70 bits per heavy atom. The van der Waals surface area contributed by atoms with Crippen LogP contribution in [-0.4, -0.2) is 15.3 Å². The van der Waals surface area contributed by atoms with Crippen LogP contribution >= 0.6 is 0 Å². The molecule has 1 heterocycles. The minimum atomic E-state index is -0.236. The number of hydrogen-bond donors (Lipinski definition) is 2. The van der Waals surface area contributed by atoms with Crippen LogP contribution in [0.1, 0.15) is 16.8 Å². The van der Waals surface area contributed by atoms with Gasteiger partial charge in [-0.3, -0.25) is 9.36 Å². The number of aromatic nitrogens is 2. The maximum atomic E-state index is 12.9. The molecule has 0 bridgehead atoms. The summed E-state index contributed by atoms with van der Waals surface area (Å²) in [6, 6.07) is 22.6. The molecular formula is C22H19N3O2. The van der Waals surface area contributed by atoms with Gasteiger partial charge >= 0.3 is 5.69 Å². The van der Waals surface area contributed by atoms with Crippen LogP contribution in [0.25, 0.3) is 22.2 Å². The van der Waals surface area contributed by atoms with Gasteiger partial charge in [-0.25, -0.2) is 4.79 Å². The highest BCUT2D eigenvalue weighted by atomic mass is 16.1. The number of fused-ring (bicyclic) bond motifs is 1. The van der Waals surface area contributed by atoms with Crippen molar-refractivity contribution in [3.63, 3.8) is 0 Å². The molecule has 0 amide bonds. The third-order valence-electron chi connectivity index (χ3n) is 4.67. The molecule has 0 aliphatic carbocycles. The van der Waals surface area contributed by atoms with Gasteiger partial charge in [0.1, 0.15) is 0 Å². The molecule has 0 fully saturated rings. The monoisotopic (exact) mass is 357 g/mol. The lowest BCUT2D eigenvalue weighted by molar-refractivity contribution is 0.0978. The molecule has 0 unspecified atom stereocenters. The van der Waals surface area contributed by atoms with E-state index in [0.717, 1.165) is 11.1 Å². The molecule has 0 spiro atoms. The Balaban J connectivity index is 1.63. The summed E-state index contributed by atoms with van der Waals surface area (Å²) >= 11 is 0. The Morgan fingerprint density at radius 1 is 0.963 bits per heavy atom. The molecule has 0 radical (unpaired) electrons. The van der Waals surface area contributed by atoms with Crippen molar-refractivity contribution in [2.45, 2.75) is 13.0 Å². The van der Waals surface area contributed by atoms with Gasteiger partial charge in [-0.2, -0.15) is 0 Å². The number of carbonyl (C=O) groups excluding carboxylic acids is 1. The molecule has 5 nitrogen and oxygen atoms in total. The van der Waals surface area contributed by atoms with Gasteiger partial charge in [-0.05, 0) is 29.3 Å². The summed E-state index contributed by atoms with van der Waals surface area (Å²) in [7, 11) is 0. The molecule has 0 saturated heterocycles. The van der Waals surface area contributed by atoms with Crippen molar-refractivity contribution in [1.82, 2.24) is 9.55 Å². The number of rotatable bonds is 5. The Kier molecular flexibility index (Phi) is 4.34. The lowest BCUT2D eigenvalue weighted by Gasteiger charge is -2.09. The number of benzene rings is 3. The Morgan fingerprint density at radius 3 is 2.52 bits per heavy atom. The van der Waals surface area contributed by atoms with Crippen LogP contribution in [0.3, 0.4) is 0 Å². The van der Waals surface area contributed by atoms with Crippen LogP contribution in [-0.2, 0) is 6.54 Å². The summed E-state index contributed by atoms with van der Waals surface area (Å²) in [5.74, 6) is -0.000365. The Hall–Kier alpha value is -3.60. The van der Waals surface area contributed by atoms with Crippen LogP contribution in [0.15, 0.2) is 77.6 Å². The normalized spacial score (nSPS) is 11.0. The molecule has 3 N–H and O–H groups in total. The molecule has 0 aliphatic heterocycles. The fraction of sp³-hybridized carbons (Fsp3) is 0.0909. The average molecular weight is 357 g/mol. The van der Waals surface area contributed by atoms with Gasteiger partial charge in [0.2, 0.25) is 0 Å². The number of aromatic amines is 1. The van der Waals surface area contributed by atoms with E-state index in [1.54, 1.807) is 22.8 Å². The lowest BCUT2D eigenvalue weighted by atomic mass is 9.96. The van der Waals surface area contributed by atoms with E-state index in [4.69, 9.17) is 5.73 Å². The first-order valence-corrected chi connectivity index (χ1v) is 8.79. The SMILES string of the molecule is Nc1ccc2[nH]c(=O)n(CCC(=O)c3ccccc3-c3ccccc3)c2c1. The van der Waals surface area contributed by atoms with Gasteiger partial charge in [-0.1, -0.05) is 54.6 Å². The van der Waals surface area contributed by atoms with E-state index < -0.39 is 0 Å². The number of nitrogen functional groups attached to an aromatic ring is 1. The van der Waals surface area contributed by atoms with Crippen molar-refractivity contribution in [2.75, 3.05) is 5.73 Å². The Bertz CT molecular complexity index is 1170. The number of anilines is 1. The van der Waals surface area contributed by atoms with E-state index in [2.05, 4.69) is 4.98 Å². The van der Waals surface area contributed by atoms with E-state index in [-0.39, 0.29) is 17.9 Å². The second-order valence-corrected chi connectivity index (χ2v) is 6.44. The standard InChI is InChI=1S/C22H19N3O2/c23-16-10-11-19-20(14-16)25(22(27)24-19)13-12-21(26)18-9-5-4-8-17(18)15-6-2-1-3-7-15/h1-11,14H,12-13,23H2,(H,24,27). The zero-order chi connectivity index (χ0) is 18.8. The molecule has 0 aliphatic rings. The largest absolute Gasteiger partial charge is 0.399 e. The molecule has 4 aromatic rings. The van der Waals surface area contributed by atoms with Crippen LogP contribution < -0.4 is 11.4 Å². The minimum Gasteiger partial charge on any atom is -0.399 e. The zero-order valence-corrected chi connectivity index (χ0v) is 14.7. The topological polar surface area (TPSA) is 80.9 Å². The molecule has 3 aromatic carbocycles. The number of nitrogens with two attached hydrogens (primary N) is 1. The van der Waals surface area contributed by atoms with Crippen LogP contribution in [0.4, 0.5) is 5.69 Å². The van der Waals surface area contributed by atoms with E-state index >= 15 is 0 Å². The van der Waals surface area contributed by atoms with Crippen LogP contribution in [0.2, 0.25) is 0 Å². The first-order valence-electron chi connectivity index (χ1n) is 8.79. The van der Waals surface area contributed by atoms with Gasteiger partial charge in [0, 0.05) is 24.2 Å². The lowest BCUT2D eigenvalue weighted by Crippen LogP contribution is -2.18. The number of carbonyl (C=O) groups is 1. The van der Waals surface area contributed by atoms with Gasteiger partial charge in [0.05, 0.1) is 11.0 Å². The van der Waals surface area contributed by atoms with Gasteiger partial charge < -0.3 is 10.7 Å². The summed E-state index contributed by atoms with van der Waals surface area (Å²) in [4.78, 5) is 27.9. The molecular weight excluding hydrogens is 338 g/mol. The average Bonchev–Trinajstić information content (AvgIpc) is 3.01. The summed E-state index contributed by atoms with van der Waals surface area (Å²) < 4.78 is 1.56. The zero-order valence-electron chi connectivity index (χ0n) is 14.7. The predicted octanol–water partition coefficient (Wildman–Crippen LogP) is 3.85. The number of nitrogens with one attached hydrogen (secondary N) is 1. The molecule has 134 valence electrons. The number of Topliss-reactive ketones (excluding diaryl/α,β-unsaturated/α-hetero) is 1. The van der Waals surface area contributed by atoms with Crippen LogP contribution in [0, 0.1) is 0 Å². The van der Waals surface area contributed by atoms with Crippen molar-refractivity contribution in [1.29, 1.82) is 0 Å². The van der Waals surface area contributed by atoms with Crippen LogP contribution in [0.5, 0.6) is 0 Å². The number of nitrogens with zero attached hydrogens (tertiary/aromatic N) is 1. The van der Waals surface area contributed by atoms with Crippen molar-refractivity contribution >= 4 is 22.5 Å². The molecule has 4 rings (SSSR count). The maximum Gasteiger partial charge on any atom is 0.326 e. The number of aryl methyl sites for hydroxylation is 1. The van der Waals surface area contributed by atoms with E-state index in [0.29, 0.717) is 28.8 Å². The highest BCUT2D eigenvalue weighted by molar-refractivity contribution is 6.02. The number of ketones is 1. The van der Waals surface area contributed by atoms with Crippen molar-refractivity contribution in [3.8, 4) is 11.1 Å². The quantitative estimate of drug-likeness (QED) is 0.420. The minimum absolute atomic E-state index is 0.000365. The molecule has 0 atom stereocenters. The van der Waals surface area contributed by atoms with Gasteiger partial charge in [0.15, 0.2) is 5.78 Å². The van der Waals surface area contributed by atoms with Crippen molar-refractivity contribution in [2.24, 2.45) is 0 Å². The van der Waals surface area contributed by atoms with E-state index in [9.17, 15) is 9.59 Å². The van der Waals surface area contributed by atoms with Crippen molar-refractivity contribution in [3.05, 3.63) is 88.8 Å². The maximum absolute atomic E-state index is 12.9.